The smallest absolute Gasteiger partial charge is 0.269 e. The van der Waals surface area contributed by atoms with Crippen LogP contribution in [0.5, 0.6) is 5.75 Å². The number of benzene rings is 2. The van der Waals surface area contributed by atoms with Crippen molar-refractivity contribution in [2.75, 3.05) is 51.4 Å². The molecule has 11 heteroatoms. The number of hydrogen-bond donors (Lipinski definition) is 0. The van der Waals surface area contributed by atoms with Gasteiger partial charge in [-0.25, -0.2) is 4.98 Å². The number of amides is 1. The van der Waals surface area contributed by atoms with E-state index in [0.29, 0.717) is 37.0 Å². The third-order valence-corrected chi connectivity index (χ3v) is 6.17. The van der Waals surface area contributed by atoms with Crippen molar-refractivity contribution in [1.29, 1.82) is 0 Å². The molecule has 32 heavy (non-hydrogen) atoms. The van der Waals surface area contributed by atoms with Crippen LogP contribution in [0.3, 0.4) is 0 Å². The van der Waals surface area contributed by atoms with E-state index in [0.717, 1.165) is 29.1 Å². The van der Waals surface area contributed by atoms with Crippen molar-refractivity contribution in [1.82, 2.24) is 9.88 Å². The summed E-state index contributed by atoms with van der Waals surface area (Å²) in [5, 5.41) is 11.5. The number of anilines is 1. The number of halogens is 1. The first-order valence-electron chi connectivity index (χ1n) is 9.86. The van der Waals surface area contributed by atoms with E-state index >= 15 is 0 Å². The van der Waals surface area contributed by atoms with Crippen LogP contribution in [0.1, 0.15) is 10.4 Å². The van der Waals surface area contributed by atoms with Crippen LogP contribution in [0.15, 0.2) is 42.5 Å². The lowest BCUT2D eigenvalue weighted by Crippen LogP contribution is -2.43. The highest BCUT2D eigenvalue weighted by atomic mass is 35.5. The fraction of sp³-hybridized carbons (Fsp3) is 0.333. The molecule has 1 saturated heterocycles. The van der Waals surface area contributed by atoms with Crippen LogP contribution >= 0.6 is 23.7 Å². The number of thiazole rings is 1. The zero-order chi connectivity index (χ0) is 21.8. The van der Waals surface area contributed by atoms with E-state index in [-0.39, 0.29) is 24.0 Å². The Labute approximate surface area is 195 Å². The van der Waals surface area contributed by atoms with E-state index in [9.17, 15) is 14.9 Å². The lowest BCUT2D eigenvalue weighted by Gasteiger charge is -2.29. The maximum Gasteiger partial charge on any atom is 0.269 e. The van der Waals surface area contributed by atoms with Gasteiger partial charge in [0, 0.05) is 43.9 Å². The topological polar surface area (TPSA) is 98.0 Å². The molecule has 2 aromatic carbocycles. The molecule has 1 aromatic heterocycles. The number of morpholine rings is 1. The molecule has 1 aliphatic heterocycles. The van der Waals surface area contributed by atoms with Crippen LogP contribution in [0.4, 0.5) is 10.8 Å². The number of methoxy groups -OCH3 is 1. The van der Waals surface area contributed by atoms with Crippen molar-refractivity contribution in [3.63, 3.8) is 0 Å². The molecule has 0 unspecified atom stereocenters. The summed E-state index contributed by atoms with van der Waals surface area (Å²) in [6.07, 6.45) is 0. The quantitative estimate of drug-likeness (QED) is 0.378. The van der Waals surface area contributed by atoms with Crippen molar-refractivity contribution in [3.8, 4) is 5.75 Å². The van der Waals surface area contributed by atoms with Gasteiger partial charge in [-0.3, -0.25) is 24.7 Å². The Kier molecular flexibility index (Phi) is 7.97. The van der Waals surface area contributed by atoms with Crippen LogP contribution in [-0.4, -0.2) is 67.2 Å². The molecule has 1 amide bonds. The van der Waals surface area contributed by atoms with Gasteiger partial charge in [-0.15, -0.1) is 12.4 Å². The molecule has 170 valence electrons. The molecule has 0 N–H and O–H groups in total. The fourth-order valence-corrected chi connectivity index (χ4v) is 4.39. The molecule has 4 rings (SSSR count). The number of carbonyl (C=O) groups is 1. The molecule has 9 nitrogen and oxygen atoms in total. The highest BCUT2D eigenvalue weighted by Gasteiger charge is 2.23. The predicted molar refractivity (Wildman–Crippen MR) is 125 cm³/mol. The Bertz CT molecular complexity index is 1090. The van der Waals surface area contributed by atoms with Crippen molar-refractivity contribution in [3.05, 3.63) is 58.1 Å². The number of hydrogen-bond acceptors (Lipinski definition) is 8. The maximum atomic E-state index is 13.4. The minimum Gasteiger partial charge on any atom is -0.497 e. The summed E-state index contributed by atoms with van der Waals surface area (Å²) >= 11 is 1.42. The van der Waals surface area contributed by atoms with Crippen molar-refractivity contribution < 1.29 is 19.2 Å². The van der Waals surface area contributed by atoms with Gasteiger partial charge in [0.05, 0.1) is 35.5 Å². The summed E-state index contributed by atoms with van der Waals surface area (Å²) in [6, 6.07) is 11.3. The SMILES string of the molecule is COc1ccc2nc(N(CCN3CCOCC3)C(=O)c3ccc([N+](=O)[O-])cc3)sc2c1.Cl. The van der Waals surface area contributed by atoms with Crippen molar-refractivity contribution in [2.24, 2.45) is 0 Å². The van der Waals surface area contributed by atoms with Crippen molar-refractivity contribution in [2.45, 2.75) is 0 Å². The number of ether oxygens (including phenoxy) is 2. The Hall–Kier alpha value is -2.79. The van der Waals surface area contributed by atoms with Gasteiger partial charge in [0.2, 0.25) is 0 Å². The average molecular weight is 479 g/mol. The van der Waals surface area contributed by atoms with Crippen molar-refractivity contribution >= 4 is 50.7 Å². The summed E-state index contributed by atoms with van der Waals surface area (Å²) in [5.74, 6) is 0.485. The lowest BCUT2D eigenvalue weighted by atomic mass is 10.2. The second-order valence-corrected chi connectivity index (χ2v) is 8.05. The standard InChI is InChI=1S/C21H22N4O5S.ClH/c1-29-17-6-7-18-19(14-17)31-21(22-18)24(9-8-23-10-12-30-13-11-23)20(26)15-2-4-16(5-3-15)25(27)28;/h2-7,14H,8-13H2,1H3;1H. The highest BCUT2D eigenvalue weighted by Crippen LogP contribution is 2.32. The van der Waals surface area contributed by atoms with E-state index in [2.05, 4.69) is 9.88 Å². The number of rotatable bonds is 7. The van der Waals surface area contributed by atoms with Gasteiger partial charge in [-0.05, 0) is 30.3 Å². The molecule has 0 atom stereocenters. The second kappa shape index (κ2) is 10.7. The summed E-state index contributed by atoms with van der Waals surface area (Å²) in [6.45, 7) is 4.12. The van der Waals surface area contributed by atoms with E-state index < -0.39 is 4.92 Å². The number of nitrogens with zero attached hydrogens (tertiary/aromatic N) is 4. The molecule has 0 radical (unpaired) electrons. The Morgan fingerprint density at radius 2 is 1.97 bits per heavy atom. The first-order valence-corrected chi connectivity index (χ1v) is 10.7. The first kappa shape index (κ1) is 23.9. The monoisotopic (exact) mass is 478 g/mol. The number of fused-ring (bicyclic) bond motifs is 1. The van der Waals surface area contributed by atoms with Gasteiger partial charge in [0.1, 0.15) is 5.75 Å². The molecular formula is C21H23ClN4O5S. The number of nitro groups is 1. The Balaban J connectivity index is 0.00000289. The van der Waals surface area contributed by atoms with Gasteiger partial charge in [0.15, 0.2) is 5.13 Å². The van der Waals surface area contributed by atoms with Crippen LogP contribution in [-0.2, 0) is 4.74 Å². The molecule has 0 aliphatic carbocycles. The molecule has 2 heterocycles. The largest absolute Gasteiger partial charge is 0.497 e. The fourth-order valence-electron chi connectivity index (χ4n) is 3.37. The summed E-state index contributed by atoms with van der Waals surface area (Å²) in [4.78, 5) is 32.4. The minimum absolute atomic E-state index is 0. The van der Waals surface area contributed by atoms with E-state index in [1.165, 1.54) is 35.6 Å². The summed E-state index contributed by atoms with van der Waals surface area (Å²) in [5.41, 5.74) is 1.11. The van der Waals surface area contributed by atoms with E-state index in [1.807, 2.05) is 18.2 Å². The van der Waals surface area contributed by atoms with Gasteiger partial charge in [-0.2, -0.15) is 0 Å². The van der Waals surface area contributed by atoms with E-state index in [4.69, 9.17) is 9.47 Å². The van der Waals surface area contributed by atoms with E-state index in [1.54, 1.807) is 12.0 Å². The van der Waals surface area contributed by atoms with Gasteiger partial charge < -0.3 is 9.47 Å². The first-order chi connectivity index (χ1) is 15.0. The van der Waals surface area contributed by atoms with Gasteiger partial charge >= 0.3 is 0 Å². The molecule has 1 fully saturated rings. The van der Waals surface area contributed by atoms with Crippen LogP contribution in [0.25, 0.3) is 10.2 Å². The Morgan fingerprint density at radius 1 is 1.25 bits per heavy atom. The minimum atomic E-state index is -0.481. The van der Waals surface area contributed by atoms with Gasteiger partial charge in [0.25, 0.3) is 11.6 Å². The molecule has 0 spiro atoms. The highest BCUT2D eigenvalue weighted by molar-refractivity contribution is 7.22. The van der Waals surface area contributed by atoms with Crippen LogP contribution in [0, 0.1) is 10.1 Å². The average Bonchev–Trinajstić information content (AvgIpc) is 3.22. The van der Waals surface area contributed by atoms with Crippen LogP contribution < -0.4 is 9.64 Å². The number of aromatic nitrogens is 1. The normalized spacial score (nSPS) is 14.0. The summed E-state index contributed by atoms with van der Waals surface area (Å²) in [7, 11) is 1.61. The zero-order valence-electron chi connectivity index (χ0n) is 17.4. The molecule has 3 aromatic rings. The summed E-state index contributed by atoms with van der Waals surface area (Å²) < 4.78 is 11.6. The predicted octanol–water partition coefficient (Wildman–Crippen LogP) is 3.61. The number of non-ortho nitro benzene ring substituents is 1. The molecule has 1 aliphatic rings. The number of carbonyl (C=O) groups excluding carboxylic acids is 1. The number of nitro benzene ring substituents is 1. The third-order valence-electron chi connectivity index (χ3n) is 5.13. The molecule has 0 saturated carbocycles. The second-order valence-electron chi connectivity index (χ2n) is 7.04. The zero-order valence-corrected chi connectivity index (χ0v) is 19.1. The van der Waals surface area contributed by atoms with Crippen LogP contribution in [0.2, 0.25) is 0 Å². The lowest BCUT2D eigenvalue weighted by molar-refractivity contribution is -0.384. The molecule has 0 bridgehead atoms. The maximum absolute atomic E-state index is 13.4. The van der Waals surface area contributed by atoms with Gasteiger partial charge in [-0.1, -0.05) is 11.3 Å². The molecular weight excluding hydrogens is 456 g/mol. The Morgan fingerprint density at radius 3 is 2.62 bits per heavy atom. The third kappa shape index (κ3) is 5.33.